The van der Waals surface area contributed by atoms with Crippen LogP contribution < -0.4 is 10.6 Å². The normalized spacial score (nSPS) is 16.7. The summed E-state index contributed by atoms with van der Waals surface area (Å²) < 4.78 is 0. The molecule has 0 spiro atoms. The van der Waals surface area contributed by atoms with Crippen LogP contribution in [0.1, 0.15) is 18.4 Å². The zero-order valence-electron chi connectivity index (χ0n) is 15.0. The van der Waals surface area contributed by atoms with Crippen molar-refractivity contribution < 1.29 is 9.59 Å². The van der Waals surface area contributed by atoms with E-state index in [2.05, 4.69) is 10.6 Å². The number of nitrogens with zero attached hydrogens (tertiary/aromatic N) is 1. The van der Waals surface area contributed by atoms with Gasteiger partial charge in [-0.25, -0.2) is 4.79 Å². The third-order valence-corrected chi connectivity index (χ3v) is 5.27. The Morgan fingerprint density at radius 1 is 1.04 bits per heavy atom. The van der Waals surface area contributed by atoms with Gasteiger partial charge in [-0.3, -0.25) is 4.79 Å². The molecule has 1 aliphatic heterocycles. The number of hydrogen-bond acceptors (Lipinski definition) is 2. The van der Waals surface area contributed by atoms with Crippen LogP contribution in [0.25, 0.3) is 0 Å². The lowest BCUT2D eigenvalue weighted by atomic mass is 9.97. The second-order valence-corrected chi connectivity index (χ2v) is 7.52. The van der Waals surface area contributed by atoms with Gasteiger partial charge in [0.1, 0.15) is 0 Å². The van der Waals surface area contributed by atoms with Crippen LogP contribution in [0.15, 0.2) is 42.5 Å². The Labute approximate surface area is 168 Å². The van der Waals surface area contributed by atoms with Gasteiger partial charge < -0.3 is 15.5 Å². The van der Waals surface area contributed by atoms with Crippen molar-refractivity contribution in [2.45, 2.75) is 19.8 Å². The summed E-state index contributed by atoms with van der Waals surface area (Å²) in [5, 5.41) is 6.58. The summed E-state index contributed by atoms with van der Waals surface area (Å²) >= 11 is 11.9. The van der Waals surface area contributed by atoms with Gasteiger partial charge in [0.05, 0.1) is 16.0 Å². The molecule has 0 aromatic heterocycles. The quantitative estimate of drug-likeness (QED) is 0.738. The third-order valence-electron chi connectivity index (χ3n) is 4.54. The van der Waals surface area contributed by atoms with Crippen LogP contribution in [0.3, 0.4) is 0 Å². The van der Waals surface area contributed by atoms with Crippen molar-refractivity contribution in [1.29, 1.82) is 0 Å². The molecule has 0 bridgehead atoms. The topological polar surface area (TPSA) is 61.4 Å². The number of likely N-dealkylation sites (tertiary alicyclic amines) is 1. The molecule has 1 fully saturated rings. The first-order valence-corrected chi connectivity index (χ1v) is 9.56. The Kier molecular flexibility index (Phi) is 6.24. The number of rotatable bonds is 3. The molecule has 142 valence electrons. The van der Waals surface area contributed by atoms with Crippen LogP contribution in [-0.2, 0) is 4.79 Å². The van der Waals surface area contributed by atoms with E-state index in [9.17, 15) is 9.59 Å². The Bertz CT molecular complexity index is 857. The van der Waals surface area contributed by atoms with Gasteiger partial charge in [0.25, 0.3) is 0 Å². The van der Waals surface area contributed by atoms with Crippen LogP contribution in [0.4, 0.5) is 16.2 Å². The largest absolute Gasteiger partial charge is 0.326 e. The molecule has 0 saturated carbocycles. The first-order chi connectivity index (χ1) is 12.9. The van der Waals surface area contributed by atoms with Crippen molar-refractivity contribution >= 4 is 46.5 Å². The van der Waals surface area contributed by atoms with Crippen molar-refractivity contribution in [2.75, 3.05) is 23.7 Å². The number of hydrogen-bond donors (Lipinski definition) is 2. The lowest BCUT2D eigenvalue weighted by molar-refractivity contribution is -0.121. The van der Waals surface area contributed by atoms with Crippen molar-refractivity contribution in [3.05, 3.63) is 58.1 Å². The molecule has 3 amide bonds. The van der Waals surface area contributed by atoms with Crippen LogP contribution >= 0.6 is 23.2 Å². The average Bonchev–Trinajstić information content (AvgIpc) is 2.65. The predicted molar refractivity (Wildman–Crippen MR) is 110 cm³/mol. The summed E-state index contributed by atoms with van der Waals surface area (Å²) in [4.78, 5) is 26.8. The average molecular weight is 406 g/mol. The van der Waals surface area contributed by atoms with E-state index in [1.54, 1.807) is 23.1 Å². The van der Waals surface area contributed by atoms with Crippen molar-refractivity contribution in [1.82, 2.24) is 4.90 Å². The molecule has 1 heterocycles. The summed E-state index contributed by atoms with van der Waals surface area (Å²) in [6, 6.07) is 12.4. The minimum absolute atomic E-state index is 0.124. The zero-order valence-corrected chi connectivity index (χ0v) is 16.5. The standard InChI is InChI=1S/C20H21Cl2N3O2/c1-13-4-2-6-15(10-13)24-20(27)25-9-3-5-14(12-25)19(26)23-16-7-8-17(21)18(22)11-16/h2,4,6-8,10-11,14H,3,5,9,12H2,1H3,(H,23,26)(H,24,27). The summed E-state index contributed by atoms with van der Waals surface area (Å²) in [5.74, 6) is -0.391. The number of benzene rings is 2. The maximum atomic E-state index is 12.6. The van der Waals surface area contributed by atoms with Crippen molar-refractivity contribution in [3.8, 4) is 0 Å². The minimum Gasteiger partial charge on any atom is -0.326 e. The van der Waals surface area contributed by atoms with Gasteiger partial charge in [-0.05, 0) is 55.7 Å². The van der Waals surface area contributed by atoms with Gasteiger partial charge in [0.15, 0.2) is 0 Å². The fraction of sp³-hybridized carbons (Fsp3) is 0.300. The first-order valence-electron chi connectivity index (χ1n) is 8.81. The van der Waals surface area contributed by atoms with Crippen molar-refractivity contribution in [2.24, 2.45) is 5.92 Å². The molecular weight excluding hydrogens is 385 g/mol. The summed E-state index contributed by atoms with van der Waals surface area (Å²) in [6.07, 6.45) is 1.52. The number of nitrogens with one attached hydrogen (secondary N) is 2. The van der Waals surface area contributed by atoms with Crippen molar-refractivity contribution in [3.63, 3.8) is 0 Å². The van der Waals surface area contributed by atoms with E-state index >= 15 is 0 Å². The second-order valence-electron chi connectivity index (χ2n) is 6.70. The molecule has 2 aromatic carbocycles. The number of aryl methyl sites for hydroxylation is 1. The van der Waals surface area contributed by atoms with Gasteiger partial charge in [-0.2, -0.15) is 0 Å². The summed E-state index contributed by atoms with van der Waals surface area (Å²) in [6.45, 7) is 2.99. The Morgan fingerprint density at radius 2 is 1.81 bits per heavy atom. The molecule has 0 aliphatic carbocycles. The molecule has 1 aliphatic rings. The maximum absolute atomic E-state index is 12.6. The molecule has 2 N–H and O–H groups in total. The number of amides is 3. The number of carbonyl (C=O) groups excluding carboxylic acids is 2. The molecule has 7 heteroatoms. The molecule has 5 nitrogen and oxygen atoms in total. The highest BCUT2D eigenvalue weighted by molar-refractivity contribution is 6.42. The molecule has 3 rings (SSSR count). The lowest BCUT2D eigenvalue weighted by Gasteiger charge is -2.32. The molecule has 0 radical (unpaired) electrons. The molecule has 27 heavy (non-hydrogen) atoms. The Hall–Kier alpha value is -2.24. The molecule has 2 aromatic rings. The molecule has 1 saturated heterocycles. The Morgan fingerprint density at radius 3 is 2.56 bits per heavy atom. The fourth-order valence-electron chi connectivity index (χ4n) is 3.12. The van der Waals surface area contributed by atoms with E-state index in [0.717, 1.165) is 24.1 Å². The molecule has 1 atom stereocenters. The fourth-order valence-corrected chi connectivity index (χ4v) is 3.42. The number of anilines is 2. The smallest absolute Gasteiger partial charge is 0.321 e. The minimum atomic E-state index is -0.267. The van der Waals surface area contributed by atoms with Crippen LogP contribution in [0.5, 0.6) is 0 Å². The number of piperidine rings is 1. The lowest BCUT2D eigenvalue weighted by Crippen LogP contribution is -2.45. The second kappa shape index (κ2) is 8.63. The predicted octanol–water partition coefficient (Wildman–Crippen LogP) is 5.18. The van der Waals surface area contributed by atoms with Gasteiger partial charge in [0.2, 0.25) is 5.91 Å². The maximum Gasteiger partial charge on any atom is 0.321 e. The third kappa shape index (κ3) is 5.15. The monoisotopic (exact) mass is 405 g/mol. The number of urea groups is 1. The SMILES string of the molecule is Cc1cccc(NC(=O)N2CCCC(C(=O)Nc3ccc(Cl)c(Cl)c3)C2)c1. The number of halogens is 2. The van der Waals surface area contributed by atoms with E-state index < -0.39 is 0 Å². The highest BCUT2D eigenvalue weighted by Gasteiger charge is 2.28. The molecular formula is C20H21Cl2N3O2. The van der Waals surface area contributed by atoms with Gasteiger partial charge >= 0.3 is 6.03 Å². The molecule has 1 unspecified atom stereocenters. The summed E-state index contributed by atoms with van der Waals surface area (Å²) in [7, 11) is 0. The first kappa shape index (κ1) is 19.5. The van der Waals surface area contributed by atoms with Crippen LogP contribution in [0.2, 0.25) is 10.0 Å². The Balaban J connectivity index is 1.60. The van der Waals surface area contributed by atoms with E-state index in [0.29, 0.717) is 28.8 Å². The van der Waals surface area contributed by atoms with E-state index in [4.69, 9.17) is 23.2 Å². The van der Waals surface area contributed by atoms with E-state index in [1.165, 1.54) is 0 Å². The highest BCUT2D eigenvalue weighted by Crippen LogP contribution is 2.26. The summed E-state index contributed by atoms with van der Waals surface area (Å²) in [5.41, 5.74) is 2.42. The van der Waals surface area contributed by atoms with Gasteiger partial charge in [-0.1, -0.05) is 35.3 Å². The van der Waals surface area contributed by atoms with E-state index in [-0.39, 0.29) is 17.9 Å². The number of carbonyl (C=O) groups is 2. The zero-order chi connectivity index (χ0) is 19.4. The van der Waals surface area contributed by atoms with Gasteiger partial charge in [-0.15, -0.1) is 0 Å². The van der Waals surface area contributed by atoms with E-state index in [1.807, 2.05) is 31.2 Å². The van der Waals surface area contributed by atoms with Crippen LogP contribution in [0, 0.1) is 12.8 Å². The van der Waals surface area contributed by atoms with Crippen LogP contribution in [-0.4, -0.2) is 29.9 Å². The highest BCUT2D eigenvalue weighted by atomic mass is 35.5. The van der Waals surface area contributed by atoms with Gasteiger partial charge in [0, 0.05) is 24.5 Å².